The summed E-state index contributed by atoms with van der Waals surface area (Å²) < 4.78 is 22.7. The van der Waals surface area contributed by atoms with E-state index < -0.39 is 0 Å². The van der Waals surface area contributed by atoms with E-state index in [9.17, 15) is 9.59 Å². The highest BCUT2D eigenvalue weighted by molar-refractivity contribution is 7.14. The van der Waals surface area contributed by atoms with Gasteiger partial charge in [0.15, 0.2) is 23.2 Å². The van der Waals surface area contributed by atoms with E-state index in [1.165, 1.54) is 11.3 Å². The number of carbonyl (C=O) groups excluding carboxylic acids is 2. The van der Waals surface area contributed by atoms with Crippen LogP contribution in [-0.4, -0.2) is 49.8 Å². The Balaban J connectivity index is 1.58. The zero-order chi connectivity index (χ0) is 26.4. The largest absolute Gasteiger partial charge is 0.490 e. The van der Waals surface area contributed by atoms with Gasteiger partial charge in [0, 0.05) is 23.1 Å². The third-order valence-corrected chi connectivity index (χ3v) is 6.16. The van der Waals surface area contributed by atoms with E-state index in [2.05, 4.69) is 16.9 Å². The van der Waals surface area contributed by atoms with Gasteiger partial charge in [-0.1, -0.05) is 6.08 Å². The van der Waals surface area contributed by atoms with Crippen molar-refractivity contribution in [2.75, 3.05) is 43.2 Å². The zero-order valence-corrected chi connectivity index (χ0v) is 21.9. The molecule has 0 radical (unpaired) electrons. The number of carbonyl (C=O) groups is 2. The number of nitrogens with one attached hydrogen (secondary N) is 1. The first-order valence-corrected chi connectivity index (χ1v) is 12.9. The molecule has 3 aromatic rings. The minimum absolute atomic E-state index is 0.00532. The molecule has 0 spiro atoms. The van der Waals surface area contributed by atoms with Gasteiger partial charge in [-0.15, -0.1) is 17.9 Å². The molecule has 0 saturated carbocycles. The summed E-state index contributed by atoms with van der Waals surface area (Å²) in [5.41, 5.74) is 2.47. The summed E-state index contributed by atoms with van der Waals surface area (Å²) in [5.74, 6) is 1.49. The number of hydrogen-bond acceptors (Lipinski definition) is 8. The van der Waals surface area contributed by atoms with Crippen molar-refractivity contribution in [3.8, 4) is 34.3 Å². The van der Waals surface area contributed by atoms with Gasteiger partial charge in [-0.3, -0.25) is 14.9 Å². The molecule has 0 bridgehead atoms. The number of fused-ring (bicyclic) bond motifs is 1. The number of anilines is 2. The lowest BCUT2D eigenvalue weighted by atomic mass is 10.1. The van der Waals surface area contributed by atoms with Crippen molar-refractivity contribution in [3.05, 3.63) is 53.9 Å². The average Bonchev–Trinajstić information content (AvgIpc) is 3.36. The summed E-state index contributed by atoms with van der Waals surface area (Å²) in [6, 6.07) is 8.81. The Morgan fingerprint density at radius 1 is 1.14 bits per heavy atom. The fourth-order valence-corrected chi connectivity index (χ4v) is 4.56. The summed E-state index contributed by atoms with van der Waals surface area (Å²) in [6.07, 6.45) is 1.67. The van der Waals surface area contributed by atoms with Crippen LogP contribution >= 0.6 is 11.3 Å². The molecule has 4 rings (SSSR count). The first-order valence-electron chi connectivity index (χ1n) is 12.0. The van der Waals surface area contributed by atoms with Crippen LogP contribution in [0.4, 0.5) is 10.8 Å². The average molecular weight is 524 g/mol. The van der Waals surface area contributed by atoms with Crippen LogP contribution in [0.2, 0.25) is 0 Å². The molecule has 10 heteroatoms. The molecule has 1 aliphatic rings. The first-order chi connectivity index (χ1) is 18.0. The number of rotatable bonds is 11. The van der Waals surface area contributed by atoms with Gasteiger partial charge >= 0.3 is 0 Å². The second kappa shape index (κ2) is 11.8. The van der Waals surface area contributed by atoms with E-state index in [0.717, 1.165) is 5.56 Å². The highest BCUT2D eigenvalue weighted by Crippen LogP contribution is 2.40. The number of aromatic nitrogens is 1. The molecule has 0 unspecified atom stereocenters. The number of amides is 2. The van der Waals surface area contributed by atoms with Crippen molar-refractivity contribution in [3.63, 3.8) is 0 Å². The molecule has 2 heterocycles. The van der Waals surface area contributed by atoms with Gasteiger partial charge in [0.2, 0.25) is 5.75 Å². The van der Waals surface area contributed by atoms with Crippen molar-refractivity contribution in [2.45, 2.75) is 20.8 Å². The van der Waals surface area contributed by atoms with Gasteiger partial charge in [0.25, 0.3) is 11.8 Å². The second-order valence-electron chi connectivity index (χ2n) is 7.86. The van der Waals surface area contributed by atoms with Crippen molar-refractivity contribution in [2.24, 2.45) is 0 Å². The van der Waals surface area contributed by atoms with E-state index >= 15 is 0 Å². The normalized spacial score (nSPS) is 12.4. The number of thiazole rings is 1. The van der Waals surface area contributed by atoms with E-state index in [1.54, 1.807) is 23.1 Å². The second-order valence-corrected chi connectivity index (χ2v) is 8.72. The van der Waals surface area contributed by atoms with Crippen LogP contribution in [0.25, 0.3) is 11.3 Å². The van der Waals surface area contributed by atoms with Crippen molar-refractivity contribution in [1.29, 1.82) is 0 Å². The fourth-order valence-electron chi connectivity index (χ4n) is 3.84. The minimum Gasteiger partial charge on any atom is -0.490 e. The van der Waals surface area contributed by atoms with Gasteiger partial charge in [-0.2, -0.15) is 0 Å². The molecule has 1 N–H and O–H groups in total. The number of nitrogens with zero attached hydrogens (tertiary/aromatic N) is 2. The Hall–Kier alpha value is -4.05. The SMILES string of the molecule is C=CCN1C(=O)COc2ccc(-c3csc(NC(=O)c4cc(OCC)c(OCC)c(OCC)c4)n3)cc21. The summed E-state index contributed by atoms with van der Waals surface area (Å²) in [7, 11) is 0. The van der Waals surface area contributed by atoms with Crippen molar-refractivity contribution >= 4 is 34.0 Å². The van der Waals surface area contributed by atoms with Crippen LogP contribution < -0.4 is 29.2 Å². The topological polar surface area (TPSA) is 99.2 Å². The summed E-state index contributed by atoms with van der Waals surface area (Å²) >= 11 is 1.30. The Labute approximate surface area is 219 Å². The maximum Gasteiger partial charge on any atom is 0.265 e. The molecule has 1 aromatic heterocycles. The summed E-state index contributed by atoms with van der Waals surface area (Å²) in [4.78, 5) is 31.6. The van der Waals surface area contributed by atoms with E-state index in [-0.39, 0.29) is 18.4 Å². The molecule has 194 valence electrons. The molecule has 1 aliphatic heterocycles. The van der Waals surface area contributed by atoms with Crippen molar-refractivity contribution < 1.29 is 28.5 Å². The van der Waals surface area contributed by atoms with E-state index in [1.807, 2.05) is 44.4 Å². The Bertz CT molecular complexity index is 1280. The molecule has 0 aliphatic carbocycles. The maximum atomic E-state index is 13.1. The monoisotopic (exact) mass is 523 g/mol. The predicted octanol–water partition coefficient (Wildman–Crippen LogP) is 5.17. The zero-order valence-electron chi connectivity index (χ0n) is 21.0. The number of hydrogen-bond donors (Lipinski definition) is 1. The Kier molecular flexibility index (Phi) is 8.29. The molecule has 2 amide bonds. The highest BCUT2D eigenvalue weighted by atomic mass is 32.1. The quantitative estimate of drug-likeness (QED) is 0.346. The third-order valence-electron chi connectivity index (χ3n) is 5.41. The van der Waals surface area contributed by atoms with E-state index in [0.29, 0.717) is 71.4 Å². The fraction of sp³-hybridized carbons (Fsp3) is 0.296. The predicted molar refractivity (Wildman–Crippen MR) is 143 cm³/mol. The molecule has 9 nitrogen and oxygen atoms in total. The Morgan fingerprint density at radius 3 is 2.49 bits per heavy atom. The van der Waals surface area contributed by atoms with Crippen molar-refractivity contribution in [1.82, 2.24) is 4.98 Å². The standard InChI is InChI=1S/C27H29N3O6S/c1-5-11-30-20-12-17(9-10-21(20)36-15-24(30)31)19-16-37-27(28-19)29-26(32)18-13-22(33-6-2)25(35-8-4)23(14-18)34-7-3/h5,9-10,12-14,16H,1,6-8,11,15H2,2-4H3,(H,28,29,32). The maximum absolute atomic E-state index is 13.1. The lowest BCUT2D eigenvalue weighted by molar-refractivity contribution is -0.121. The summed E-state index contributed by atoms with van der Waals surface area (Å²) in [6.45, 7) is 11.0. The molecule has 0 saturated heterocycles. The van der Waals surface area contributed by atoms with Crippen LogP contribution in [0.5, 0.6) is 23.0 Å². The molecule has 37 heavy (non-hydrogen) atoms. The minimum atomic E-state index is -0.354. The van der Waals surface area contributed by atoms with Gasteiger partial charge in [-0.05, 0) is 51.1 Å². The number of ether oxygens (including phenoxy) is 4. The highest BCUT2D eigenvalue weighted by Gasteiger charge is 2.25. The van der Waals surface area contributed by atoms with Crippen LogP contribution in [0, 0.1) is 0 Å². The molecular formula is C27H29N3O6S. The summed E-state index contributed by atoms with van der Waals surface area (Å²) in [5, 5.41) is 5.12. The third kappa shape index (κ3) is 5.69. The lowest BCUT2D eigenvalue weighted by Crippen LogP contribution is -2.38. The Morgan fingerprint density at radius 2 is 1.84 bits per heavy atom. The van der Waals surface area contributed by atoms with Crippen LogP contribution in [-0.2, 0) is 4.79 Å². The van der Waals surface area contributed by atoms with Gasteiger partial charge in [0.05, 0.1) is 31.2 Å². The van der Waals surface area contributed by atoms with Gasteiger partial charge < -0.3 is 23.8 Å². The smallest absolute Gasteiger partial charge is 0.265 e. The molecule has 0 fully saturated rings. The molecular weight excluding hydrogens is 494 g/mol. The molecule has 2 aromatic carbocycles. The van der Waals surface area contributed by atoms with E-state index in [4.69, 9.17) is 18.9 Å². The number of benzene rings is 2. The molecule has 0 atom stereocenters. The van der Waals surface area contributed by atoms with Gasteiger partial charge in [-0.25, -0.2) is 4.98 Å². The first kappa shape index (κ1) is 26.0. The van der Waals surface area contributed by atoms with Crippen LogP contribution in [0.1, 0.15) is 31.1 Å². The van der Waals surface area contributed by atoms with Gasteiger partial charge in [0.1, 0.15) is 5.75 Å². The lowest BCUT2D eigenvalue weighted by Gasteiger charge is -2.28. The van der Waals surface area contributed by atoms with Crippen LogP contribution in [0.15, 0.2) is 48.4 Å². The van der Waals surface area contributed by atoms with Crippen LogP contribution in [0.3, 0.4) is 0 Å².